The van der Waals surface area contributed by atoms with Gasteiger partial charge in [0.05, 0.1) is 12.7 Å². The van der Waals surface area contributed by atoms with Gasteiger partial charge in [0.25, 0.3) is 0 Å². The number of allylic oxidation sites excluding steroid dienone is 3. The van der Waals surface area contributed by atoms with Crippen LogP contribution in [0.15, 0.2) is 48.3 Å². The SMILES string of the molecule is CC(C)CC(c1cccc(N)c1)C1COC2=CC=CCCC(=O)C2C1O. The Morgan fingerprint density at radius 3 is 2.88 bits per heavy atom. The molecule has 26 heavy (non-hydrogen) atoms. The molecule has 3 rings (SSSR count). The number of aliphatic hydroxyl groups is 1. The van der Waals surface area contributed by atoms with E-state index in [4.69, 9.17) is 10.5 Å². The maximum absolute atomic E-state index is 12.7. The summed E-state index contributed by atoms with van der Waals surface area (Å²) in [6, 6.07) is 7.86. The topological polar surface area (TPSA) is 72.5 Å². The van der Waals surface area contributed by atoms with Crippen LogP contribution < -0.4 is 5.73 Å². The number of carbonyl (C=O) groups excluding carboxylic acids is 1. The Labute approximate surface area is 155 Å². The molecule has 0 aromatic heterocycles. The van der Waals surface area contributed by atoms with E-state index in [9.17, 15) is 9.90 Å². The van der Waals surface area contributed by atoms with Crippen molar-refractivity contribution in [2.45, 2.75) is 45.1 Å². The number of carbonyl (C=O) groups is 1. The molecule has 3 N–H and O–H groups in total. The van der Waals surface area contributed by atoms with Crippen molar-refractivity contribution in [3.05, 3.63) is 53.8 Å². The minimum Gasteiger partial charge on any atom is -0.497 e. The van der Waals surface area contributed by atoms with Gasteiger partial charge in [-0.25, -0.2) is 0 Å². The summed E-state index contributed by atoms with van der Waals surface area (Å²) in [6.45, 7) is 4.76. The van der Waals surface area contributed by atoms with Crippen molar-refractivity contribution in [2.75, 3.05) is 12.3 Å². The number of nitrogens with two attached hydrogens (primary N) is 1. The minimum absolute atomic E-state index is 0.0636. The molecule has 0 saturated carbocycles. The molecule has 1 aromatic rings. The van der Waals surface area contributed by atoms with Crippen LogP contribution >= 0.6 is 0 Å². The first-order chi connectivity index (χ1) is 12.5. The van der Waals surface area contributed by atoms with Crippen molar-refractivity contribution in [3.8, 4) is 0 Å². The number of rotatable bonds is 4. The quantitative estimate of drug-likeness (QED) is 0.805. The highest BCUT2D eigenvalue weighted by Crippen LogP contribution is 2.41. The minimum atomic E-state index is -0.737. The molecule has 1 heterocycles. The van der Waals surface area contributed by atoms with Gasteiger partial charge in [0.1, 0.15) is 17.5 Å². The van der Waals surface area contributed by atoms with E-state index in [0.717, 1.165) is 17.7 Å². The Kier molecular flexibility index (Phi) is 5.82. The molecule has 4 atom stereocenters. The fourth-order valence-corrected chi connectivity index (χ4v) is 4.15. The molecule has 1 fully saturated rings. The van der Waals surface area contributed by atoms with E-state index >= 15 is 0 Å². The number of hydrogen-bond donors (Lipinski definition) is 2. The summed E-state index contributed by atoms with van der Waals surface area (Å²) < 4.78 is 5.98. The van der Waals surface area contributed by atoms with Crippen LogP contribution in [0.25, 0.3) is 0 Å². The average Bonchev–Trinajstić information content (AvgIpc) is 2.57. The van der Waals surface area contributed by atoms with E-state index < -0.39 is 12.0 Å². The smallest absolute Gasteiger partial charge is 0.146 e. The second-order valence-corrected chi connectivity index (χ2v) is 7.85. The lowest BCUT2D eigenvalue weighted by atomic mass is 9.72. The van der Waals surface area contributed by atoms with Gasteiger partial charge in [0.2, 0.25) is 0 Å². The van der Waals surface area contributed by atoms with Gasteiger partial charge < -0.3 is 15.6 Å². The lowest BCUT2D eigenvalue weighted by Crippen LogP contribution is -2.45. The number of benzene rings is 1. The zero-order chi connectivity index (χ0) is 18.7. The molecule has 0 spiro atoms. The van der Waals surface area contributed by atoms with E-state index in [2.05, 4.69) is 19.9 Å². The third kappa shape index (κ3) is 4.01. The monoisotopic (exact) mass is 355 g/mol. The third-order valence-corrected chi connectivity index (χ3v) is 5.41. The summed E-state index contributed by atoms with van der Waals surface area (Å²) >= 11 is 0. The van der Waals surface area contributed by atoms with Gasteiger partial charge in [-0.3, -0.25) is 4.79 Å². The van der Waals surface area contributed by atoms with Crippen LogP contribution in [-0.2, 0) is 9.53 Å². The van der Waals surface area contributed by atoms with E-state index in [1.165, 1.54) is 0 Å². The molecular formula is C22H29NO3. The zero-order valence-electron chi connectivity index (χ0n) is 15.6. The van der Waals surface area contributed by atoms with Crippen LogP contribution in [0, 0.1) is 17.8 Å². The van der Waals surface area contributed by atoms with Crippen LogP contribution in [0.4, 0.5) is 5.69 Å². The van der Waals surface area contributed by atoms with Crippen LogP contribution in [0.1, 0.15) is 44.6 Å². The normalized spacial score (nSPS) is 27.2. The van der Waals surface area contributed by atoms with Crippen LogP contribution in [0.5, 0.6) is 0 Å². The molecular weight excluding hydrogens is 326 g/mol. The standard InChI is InChI=1S/C22H29NO3/c1-14(2)11-17(15-7-6-8-16(23)12-15)18-13-26-20-10-5-3-4-9-19(24)21(20)22(18)25/h3,5-8,10,12,14,17-18,21-22,25H,4,9,11,13,23H2,1-2H3. The molecule has 4 unspecified atom stereocenters. The third-order valence-electron chi connectivity index (χ3n) is 5.41. The molecule has 1 aliphatic carbocycles. The Morgan fingerprint density at radius 1 is 1.35 bits per heavy atom. The zero-order valence-corrected chi connectivity index (χ0v) is 15.6. The summed E-state index contributed by atoms with van der Waals surface area (Å²) in [7, 11) is 0. The van der Waals surface area contributed by atoms with E-state index in [1.807, 2.05) is 36.4 Å². The molecule has 0 amide bonds. The summed E-state index contributed by atoms with van der Waals surface area (Å²) in [5.74, 6) is 0.535. The van der Waals surface area contributed by atoms with Crippen LogP contribution in [-0.4, -0.2) is 23.6 Å². The molecule has 4 nitrogen and oxygen atoms in total. The van der Waals surface area contributed by atoms with E-state index in [1.54, 1.807) is 0 Å². The first-order valence-corrected chi connectivity index (χ1v) is 9.53. The maximum atomic E-state index is 12.7. The fourth-order valence-electron chi connectivity index (χ4n) is 4.15. The molecule has 2 aliphatic rings. The van der Waals surface area contributed by atoms with Crippen molar-refractivity contribution in [1.29, 1.82) is 0 Å². The number of Topliss-reactive ketones (excluding diaryl/α,β-unsaturated/α-hetero) is 1. The highest BCUT2D eigenvalue weighted by molar-refractivity contribution is 5.84. The van der Waals surface area contributed by atoms with Gasteiger partial charge in [0.15, 0.2) is 0 Å². The van der Waals surface area contributed by atoms with Crippen LogP contribution in [0.2, 0.25) is 0 Å². The Hall–Kier alpha value is -2.07. The number of aliphatic hydroxyl groups excluding tert-OH is 1. The number of anilines is 1. The highest BCUT2D eigenvalue weighted by atomic mass is 16.5. The van der Waals surface area contributed by atoms with Crippen LogP contribution in [0.3, 0.4) is 0 Å². The first kappa shape index (κ1) is 18.7. The van der Waals surface area contributed by atoms with Crippen molar-refractivity contribution in [1.82, 2.24) is 0 Å². The van der Waals surface area contributed by atoms with Crippen molar-refractivity contribution in [3.63, 3.8) is 0 Å². The maximum Gasteiger partial charge on any atom is 0.146 e. The average molecular weight is 355 g/mol. The lowest BCUT2D eigenvalue weighted by Gasteiger charge is -2.41. The van der Waals surface area contributed by atoms with Crippen molar-refractivity contribution < 1.29 is 14.6 Å². The molecule has 1 aliphatic heterocycles. The highest BCUT2D eigenvalue weighted by Gasteiger charge is 2.44. The molecule has 4 heteroatoms. The van der Waals surface area contributed by atoms with Gasteiger partial charge in [0, 0.05) is 18.0 Å². The predicted octanol–water partition coefficient (Wildman–Crippen LogP) is 3.83. The van der Waals surface area contributed by atoms with E-state index in [0.29, 0.717) is 31.1 Å². The molecule has 1 aromatic carbocycles. The summed E-state index contributed by atoms with van der Waals surface area (Å²) in [6.07, 6.45) is 7.05. The summed E-state index contributed by atoms with van der Waals surface area (Å²) in [5, 5.41) is 11.2. The second-order valence-electron chi connectivity index (χ2n) is 7.85. The first-order valence-electron chi connectivity index (χ1n) is 9.53. The van der Waals surface area contributed by atoms with Gasteiger partial charge in [-0.15, -0.1) is 0 Å². The molecule has 0 bridgehead atoms. The van der Waals surface area contributed by atoms with Crippen molar-refractivity contribution >= 4 is 11.5 Å². The largest absolute Gasteiger partial charge is 0.497 e. The lowest BCUT2D eigenvalue weighted by molar-refractivity contribution is -0.133. The molecule has 1 saturated heterocycles. The predicted molar refractivity (Wildman–Crippen MR) is 103 cm³/mol. The van der Waals surface area contributed by atoms with Gasteiger partial charge in [-0.05, 0) is 48.4 Å². The number of nitrogen functional groups attached to an aromatic ring is 1. The number of fused-ring (bicyclic) bond motifs is 1. The Balaban J connectivity index is 1.93. The van der Waals surface area contributed by atoms with Crippen molar-refractivity contribution in [2.24, 2.45) is 17.8 Å². The number of hydrogen-bond acceptors (Lipinski definition) is 4. The van der Waals surface area contributed by atoms with Gasteiger partial charge in [-0.2, -0.15) is 0 Å². The van der Waals surface area contributed by atoms with Gasteiger partial charge in [-0.1, -0.05) is 38.1 Å². The van der Waals surface area contributed by atoms with Gasteiger partial charge >= 0.3 is 0 Å². The number of ketones is 1. The Bertz CT molecular complexity index is 707. The van der Waals surface area contributed by atoms with E-state index in [-0.39, 0.29) is 17.6 Å². The molecule has 140 valence electrons. The molecule has 0 radical (unpaired) electrons. The summed E-state index contributed by atoms with van der Waals surface area (Å²) in [5.41, 5.74) is 7.82. The number of ether oxygens (including phenoxy) is 1. The second kappa shape index (κ2) is 8.09. The summed E-state index contributed by atoms with van der Waals surface area (Å²) in [4.78, 5) is 12.7. The Morgan fingerprint density at radius 2 is 2.15 bits per heavy atom. The fraction of sp³-hybridized carbons (Fsp3) is 0.500.